The van der Waals surface area contributed by atoms with E-state index in [1.54, 1.807) is 26.5 Å². The number of hydrogen-bond acceptors (Lipinski definition) is 4. The molecule has 1 amide bonds. The number of aromatic nitrogens is 1. The average Bonchev–Trinajstić information content (AvgIpc) is 3.77. The van der Waals surface area contributed by atoms with Crippen molar-refractivity contribution in [2.24, 2.45) is 5.92 Å². The zero-order valence-corrected chi connectivity index (χ0v) is 21.0. The first-order valence-electron chi connectivity index (χ1n) is 12.5. The van der Waals surface area contributed by atoms with Crippen molar-refractivity contribution in [3.63, 3.8) is 0 Å². The molecule has 36 heavy (non-hydrogen) atoms. The van der Waals surface area contributed by atoms with Crippen LogP contribution in [0.5, 0.6) is 11.5 Å². The van der Waals surface area contributed by atoms with Crippen molar-refractivity contribution in [3.05, 3.63) is 108 Å². The average molecular weight is 483 g/mol. The lowest BCUT2D eigenvalue weighted by Crippen LogP contribution is -2.35. The SMILES string of the molecule is COc1ccc(C(=C/C=C/C(=O)NC(CCCc2cccnc2)C2CC2)c2ccc(OC)cc2)cc1. The number of pyridine rings is 1. The molecule has 1 atom stereocenters. The second kappa shape index (κ2) is 12.7. The van der Waals surface area contributed by atoms with Crippen LogP contribution in [0.15, 0.2) is 91.3 Å². The Balaban J connectivity index is 1.42. The van der Waals surface area contributed by atoms with Gasteiger partial charge in [0.05, 0.1) is 14.2 Å². The number of rotatable bonds is 12. The van der Waals surface area contributed by atoms with Gasteiger partial charge in [-0.1, -0.05) is 42.5 Å². The first kappa shape index (κ1) is 25.2. The summed E-state index contributed by atoms with van der Waals surface area (Å²) in [6, 6.07) is 20.2. The lowest BCUT2D eigenvalue weighted by molar-refractivity contribution is -0.117. The minimum absolute atomic E-state index is 0.0478. The van der Waals surface area contributed by atoms with Crippen LogP contribution >= 0.6 is 0 Å². The molecule has 0 radical (unpaired) electrons. The second-order valence-corrected chi connectivity index (χ2v) is 9.10. The van der Waals surface area contributed by atoms with Crippen molar-refractivity contribution in [1.29, 1.82) is 0 Å². The van der Waals surface area contributed by atoms with Gasteiger partial charge in [0, 0.05) is 24.5 Å². The fraction of sp³-hybridized carbons (Fsp3) is 0.290. The van der Waals surface area contributed by atoms with Crippen LogP contribution in [0.1, 0.15) is 42.4 Å². The highest BCUT2D eigenvalue weighted by Crippen LogP contribution is 2.34. The Morgan fingerprint density at radius 1 is 1.00 bits per heavy atom. The summed E-state index contributed by atoms with van der Waals surface area (Å²) >= 11 is 0. The van der Waals surface area contributed by atoms with Crippen molar-refractivity contribution in [1.82, 2.24) is 10.3 Å². The smallest absolute Gasteiger partial charge is 0.244 e. The maximum atomic E-state index is 12.8. The zero-order chi connectivity index (χ0) is 25.2. The molecule has 1 heterocycles. The molecule has 3 aromatic rings. The molecule has 1 aliphatic carbocycles. The molecule has 0 saturated heterocycles. The minimum atomic E-state index is -0.0478. The van der Waals surface area contributed by atoms with Crippen molar-refractivity contribution in [3.8, 4) is 11.5 Å². The number of carbonyl (C=O) groups excluding carboxylic acids is 1. The van der Waals surface area contributed by atoms with E-state index in [0.717, 1.165) is 47.5 Å². The lowest BCUT2D eigenvalue weighted by Gasteiger charge is -2.17. The second-order valence-electron chi connectivity index (χ2n) is 9.10. The van der Waals surface area contributed by atoms with Crippen LogP contribution < -0.4 is 14.8 Å². The molecule has 0 aliphatic heterocycles. The third-order valence-electron chi connectivity index (χ3n) is 6.53. The Labute approximate surface area is 213 Å². The molecule has 1 N–H and O–H groups in total. The number of benzene rings is 2. The molecule has 0 spiro atoms. The molecule has 1 saturated carbocycles. The molecule has 1 aromatic heterocycles. The van der Waals surface area contributed by atoms with Gasteiger partial charge in [0.2, 0.25) is 5.91 Å². The van der Waals surface area contributed by atoms with Gasteiger partial charge in [-0.25, -0.2) is 0 Å². The Morgan fingerprint density at radius 2 is 1.64 bits per heavy atom. The van der Waals surface area contributed by atoms with Crippen LogP contribution in [-0.2, 0) is 11.2 Å². The van der Waals surface area contributed by atoms with Gasteiger partial charge in [-0.15, -0.1) is 0 Å². The van der Waals surface area contributed by atoms with Crippen LogP contribution in [0, 0.1) is 5.92 Å². The summed E-state index contributed by atoms with van der Waals surface area (Å²) in [5, 5.41) is 3.24. The molecule has 1 unspecified atom stereocenters. The van der Waals surface area contributed by atoms with Crippen molar-refractivity contribution >= 4 is 11.5 Å². The monoisotopic (exact) mass is 482 g/mol. The van der Waals surface area contributed by atoms with E-state index < -0.39 is 0 Å². The van der Waals surface area contributed by atoms with Crippen molar-refractivity contribution in [2.45, 2.75) is 38.1 Å². The topological polar surface area (TPSA) is 60.5 Å². The largest absolute Gasteiger partial charge is 0.497 e. The number of nitrogens with one attached hydrogen (secondary N) is 1. The normalized spacial score (nSPS) is 13.7. The van der Waals surface area contributed by atoms with Crippen LogP contribution in [0.25, 0.3) is 5.57 Å². The quantitative estimate of drug-likeness (QED) is 0.254. The Bertz CT molecular complexity index is 1120. The molecule has 1 fully saturated rings. The summed E-state index contributed by atoms with van der Waals surface area (Å²) in [5.74, 6) is 2.16. The Kier molecular flexibility index (Phi) is 8.92. The van der Waals surface area contributed by atoms with E-state index in [2.05, 4.69) is 16.4 Å². The molecule has 2 aromatic carbocycles. The first-order valence-corrected chi connectivity index (χ1v) is 12.5. The third-order valence-corrected chi connectivity index (χ3v) is 6.53. The maximum absolute atomic E-state index is 12.8. The number of aryl methyl sites for hydroxylation is 1. The molecule has 4 rings (SSSR count). The number of amides is 1. The Morgan fingerprint density at radius 3 is 2.17 bits per heavy atom. The van der Waals surface area contributed by atoms with E-state index in [1.807, 2.05) is 72.9 Å². The summed E-state index contributed by atoms with van der Waals surface area (Å²) in [6.45, 7) is 0. The van der Waals surface area contributed by atoms with Crippen LogP contribution in [0.4, 0.5) is 0 Å². The van der Waals surface area contributed by atoms with E-state index in [1.165, 1.54) is 18.4 Å². The number of carbonyl (C=O) groups is 1. The van der Waals surface area contributed by atoms with Gasteiger partial charge >= 0.3 is 0 Å². The number of allylic oxidation sites excluding steroid dienone is 2. The fourth-order valence-electron chi connectivity index (χ4n) is 4.36. The summed E-state index contributed by atoms with van der Waals surface area (Å²) in [5.41, 5.74) is 4.34. The molecule has 5 nitrogen and oxygen atoms in total. The van der Waals surface area contributed by atoms with E-state index in [4.69, 9.17) is 9.47 Å². The van der Waals surface area contributed by atoms with Gasteiger partial charge in [-0.05, 0) is 90.6 Å². The highest BCUT2D eigenvalue weighted by atomic mass is 16.5. The third kappa shape index (κ3) is 7.32. The van der Waals surface area contributed by atoms with Gasteiger partial charge in [-0.2, -0.15) is 0 Å². The molecule has 186 valence electrons. The number of methoxy groups -OCH3 is 2. The fourth-order valence-corrected chi connectivity index (χ4v) is 4.36. The van der Waals surface area contributed by atoms with Crippen LogP contribution in [0.2, 0.25) is 0 Å². The summed E-state index contributed by atoms with van der Waals surface area (Å²) < 4.78 is 10.6. The van der Waals surface area contributed by atoms with E-state index in [9.17, 15) is 4.79 Å². The summed E-state index contributed by atoms with van der Waals surface area (Å²) in [6.07, 6.45) is 14.6. The van der Waals surface area contributed by atoms with Gasteiger partial charge in [0.15, 0.2) is 0 Å². The summed E-state index contributed by atoms with van der Waals surface area (Å²) in [7, 11) is 3.31. The van der Waals surface area contributed by atoms with Crippen LogP contribution in [-0.4, -0.2) is 31.2 Å². The van der Waals surface area contributed by atoms with Gasteiger partial charge < -0.3 is 14.8 Å². The Hall–Kier alpha value is -3.86. The van der Waals surface area contributed by atoms with E-state index in [0.29, 0.717) is 5.92 Å². The predicted molar refractivity (Wildman–Crippen MR) is 144 cm³/mol. The van der Waals surface area contributed by atoms with Gasteiger partial charge in [-0.3, -0.25) is 9.78 Å². The first-order chi connectivity index (χ1) is 17.7. The minimum Gasteiger partial charge on any atom is -0.497 e. The molecular formula is C31H34N2O3. The van der Waals surface area contributed by atoms with Crippen molar-refractivity contribution < 1.29 is 14.3 Å². The summed E-state index contributed by atoms with van der Waals surface area (Å²) in [4.78, 5) is 17.0. The molecule has 0 bridgehead atoms. The van der Waals surface area contributed by atoms with E-state index >= 15 is 0 Å². The number of ether oxygens (including phenoxy) is 2. The molecule has 5 heteroatoms. The van der Waals surface area contributed by atoms with Crippen LogP contribution in [0.3, 0.4) is 0 Å². The van der Waals surface area contributed by atoms with Gasteiger partial charge in [0.1, 0.15) is 11.5 Å². The van der Waals surface area contributed by atoms with E-state index in [-0.39, 0.29) is 11.9 Å². The highest BCUT2D eigenvalue weighted by molar-refractivity contribution is 5.89. The molecular weight excluding hydrogens is 448 g/mol. The highest BCUT2D eigenvalue weighted by Gasteiger charge is 2.31. The van der Waals surface area contributed by atoms with Gasteiger partial charge in [0.25, 0.3) is 0 Å². The lowest BCUT2D eigenvalue weighted by atomic mass is 9.97. The van der Waals surface area contributed by atoms with Crippen molar-refractivity contribution in [2.75, 3.05) is 14.2 Å². The predicted octanol–water partition coefficient (Wildman–Crippen LogP) is 6.00. The maximum Gasteiger partial charge on any atom is 0.244 e. The molecule has 1 aliphatic rings. The number of hydrogen-bond donors (Lipinski definition) is 1. The number of nitrogens with zero attached hydrogens (tertiary/aromatic N) is 1. The zero-order valence-electron chi connectivity index (χ0n) is 21.0. The standard InChI is InChI=1S/C31H34N2O3/c1-35-27-17-13-24(14-18-27)29(25-15-19-28(36-2)20-16-25)8-4-10-31(34)33-30(26-11-12-26)9-3-6-23-7-5-21-32-22-23/h4-5,7-8,10,13-22,26,30H,3,6,9,11-12H2,1-2H3,(H,33,34)/b10-4+.